The van der Waals surface area contributed by atoms with Gasteiger partial charge in [-0.25, -0.2) is 19.4 Å². The van der Waals surface area contributed by atoms with E-state index < -0.39 is 30.0 Å². The number of carboxylic acid groups (broad SMARTS) is 1. The number of aromatic nitrogens is 2. The number of para-hydroxylation sites is 1. The zero-order chi connectivity index (χ0) is 31.6. The van der Waals surface area contributed by atoms with Gasteiger partial charge in [0.2, 0.25) is 0 Å². The average Bonchev–Trinajstić information content (AvgIpc) is 3.15. The normalized spacial score (nSPS) is 14.9. The molecular weight excluding hydrogens is 562 g/mol. The predicted molar refractivity (Wildman–Crippen MR) is 166 cm³/mol. The zero-order valence-electron chi connectivity index (χ0n) is 25.7. The van der Waals surface area contributed by atoms with E-state index in [1.807, 2.05) is 55.9 Å². The smallest absolute Gasteiger partial charge is 0.337 e. The summed E-state index contributed by atoms with van der Waals surface area (Å²) in [5.74, 6) is -1.72. The van der Waals surface area contributed by atoms with E-state index in [2.05, 4.69) is 21.0 Å². The molecule has 4 N–H and O–H groups in total. The van der Waals surface area contributed by atoms with Gasteiger partial charge < -0.3 is 25.2 Å². The van der Waals surface area contributed by atoms with Crippen molar-refractivity contribution in [2.24, 2.45) is 13.0 Å². The number of carbonyl (C=O) groups is 4. The lowest BCUT2D eigenvalue weighted by Crippen LogP contribution is -2.59. The van der Waals surface area contributed by atoms with Crippen LogP contribution in [0.4, 0.5) is 9.59 Å². The van der Waals surface area contributed by atoms with Crippen LogP contribution in [-0.4, -0.2) is 73.7 Å². The minimum Gasteiger partial charge on any atom is -0.480 e. The number of benzene rings is 1. The van der Waals surface area contributed by atoms with E-state index in [1.54, 1.807) is 29.3 Å². The van der Waals surface area contributed by atoms with E-state index in [1.165, 1.54) is 0 Å². The Kier molecular flexibility index (Phi) is 11.2. The molecule has 0 radical (unpaired) electrons. The molecule has 3 heterocycles. The lowest BCUT2D eigenvalue weighted by atomic mass is 10.0. The highest BCUT2D eigenvalue weighted by Gasteiger charge is 2.30. The van der Waals surface area contributed by atoms with E-state index in [0.29, 0.717) is 25.2 Å². The third-order valence-electron chi connectivity index (χ3n) is 7.75. The molecule has 236 valence electrons. The Bertz CT molecular complexity index is 1430. The molecular formula is C32H43N7O5. The van der Waals surface area contributed by atoms with Crippen LogP contribution in [0.25, 0.3) is 10.9 Å². The summed E-state index contributed by atoms with van der Waals surface area (Å²) in [7, 11) is 1.89. The molecule has 4 rings (SSSR count). The molecule has 1 aliphatic rings. The van der Waals surface area contributed by atoms with Crippen LogP contribution in [0.15, 0.2) is 54.9 Å². The molecule has 1 fully saturated rings. The Morgan fingerprint density at radius 1 is 0.955 bits per heavy atom. The number of hydrogen-bond acceptors (Lipinski definition) is 5. The minimum absolute atomic E-state index is 0.0384. The molecule has 0 spiro atoms. The monoisotopic (exact) mass is 605 g/mol. The molecule has 1 saturated heterocycles. The van der Waals surface area contributed by atoms with Gasteiger partial charge in [0.1, 0.15) is 12.1 Å². The lowest BCUT2D eigenvalue weighted by Gasteiger charge is -2.29. The molecule has 0 bridgehead atoms. The Morgan fingerprint density at radius 2 is 1.66 bits per heavy atom. The number of amides is 5. The number of urea groups is 2. The summed E-state index contributed by atoms with van der Waals surface area (Å²) in [4.78, 5) is 58.7. The SMILES string of the molecule is CC(C)C[C@H](NC(=O)N1CCCCCC1)C(=O)NN(Cc1cn(C)c2ccccc12)C(=O)N[C@H](Cc1ccccn1)C(=O)O. The van der Waals surface area contributed by atoms with Gasteiger partial charge in [0, 0.05) is 55.5 Å². The maximum Gasteiger partial charge on any atom is 0.337 e. The third kappa shape index (κ3) is 8.71. The van der Waals surface area contributed by atoms with Crippen molar-refractivity contribution in [3.05, 3.63) is 66.1 Å². The van der Waals surface area contributed by atoms with Crippen molar-refractivity contribution >= 4 is 34.8 Å². The summed E-state index contributed by atoms with van der Waals surface area (Å²) in [6, 6.07) is 9.52. The van der Waals surface area contributed by atoms with E-state index in [4.69, 9.17) is 0 Å². The highest BCUT2D eigenvalue weighted by atomic mass is 16.4. The molecule has 0 aliphatic carbocycles. The number of nitrogens with zero attached hydrogens (tertiary/aromatic N) is 4. The molecule has 44 heavy (non-hydrogen) atoms. The summed E-state index contributed by atoms with van der Waals surface area (Å²) in [6.45, 7) is 5.13. The first-order chi connectivity index (χ1) is 21.1. The first-order valence-electron chi connectivity index (χ1n) is 15.2. The second-order valence-corrected chi connectivity index (χ2v) is 11.7. The number of nitrogens with one attached hydrogen (secondary N) is 3. The molecule has 12 nitrogen and oxygen atoms in total. The molecule has 1 aliphatic heterocycles. The Labute approximate surface area is 257 Å². The van der Waals surface area contributed by atoms with Gasteiger partial charge in [0.25, 0.3) is 5.91 Å². The van der Waals surface area contributed by atoms with E-state index in [-0.39, 0.29) is 24.9 Å². The molecule has 5 amide bonds. The largest absolute Gasteiger partial charge is 0.480 e. The van der Waals surface area contributed by atoms with Crippen molar-refractivity contribution in [3.8, 4) is 0 Å². The lowest BCUT2D eigenvalue weighted by molar-refractivity contribution is -0.139. The Balaban J connectivity index is 1.57. The summed E-state index contributed by atoms with van der Waals surface area (Å²) < 4.78 is 1.92. The second kappa shape index (κ2) is 15.2. The summed E-state index contributed by atoms with van der Waals surface area (Å²) in [5, 5.41) is 17.3. The fourth-order valence-corrected chi connectivity index (χ4v) is 5.47. The van der Waals surface area contributed by atoms with Crippen molar-refractivity contribution in [1.82, 2.24) is 35.5 Å². The van der Waals surface area contributed by atoms with Gasteiger partial charge in [-0.3, -0.25) is 15.2 Å². The standard InChI is InChI=1S/C32H43N7O5/c1-22(2)18-26(34-31(43)38-16-10-4-5-11-17-38)29(40)36-39(21-23-20-37(3)28-14-7-6-13-25(23)28)32(44)35-27(30(41)42)19-24-12-8-9-15-33-24/h6-9,12-15,20,22,26-27H,4-5,10-11,16-19,21H2,1-3H3,(H,34,43)(H,35,44)(H,36,40)(H,41,42)/t26-,27+/m0/s1. The number of aliphatic carboxylic acids is 1. The Hall–Kier alpha value is -4.61. The number of pyridine rings is 1. The number of fused-ring (bicyclic) bond motifs is 1. The first-order valence-corrected chi connectivity index (χ1v) is 15.2. The fraction of sp³-hybridized carbons (Fsp3) is 0.469. The molecule has 2 atom stereocenters. The fourth-order valence-electron chi connectivity index (χ4n) is 5.47. The van der Waals surface area contributed by atoms with Gasteiger partial charge in [-0.15, -0.1) is 0 Å². The van der Waals surface area contributed by atoms with Crippen LogP contribution in [0.3, 0.4) is 0 Å². The molecule has 1 aromatic carbocycles. The number of aryl methyl sites for hydroxylation is 1. The quantitative estimate of drug-likeness (QED) is 0.258. The van der Waals surface area contributed by atoms with Gasteiger partial charge >= 0.3 is 18.0 Å². The van der Waals surface area contributed by atoms with Crippen LogP contribution in [-0.2, 0) is 29.6 Å². The predicted octanol–water partition coefficient (Wildman–Crippen LogP) is 3.81. The molecule has 2 aromatic heterocycles. The molecule has 3 aromatic rings. The van der Waals surface area contributed by atoms with Gasteiger partial charge in [-0.05, 0) is 48.9 Å². The van der Waals surface area contributed by atoms with Crippen LogP contribution >= 0.6 is 0 Å². The maximum absolute atomic E-state index is 13.8. The van der Waals surface area contributed by atoms with Crippen LogP contribution in [0, 0.1) is 5.92 Å². The van der Waals surface area contributed by atoms with Crippen molar-refractivity contribution in [3.63, 3.8) is 0 Å². The van der Waals surface area contributed by atoms with Crippen molar-refractivity contribution in [2.45, 2.75) is 71.0 Å². The van der Waals surface area contributed by atoms with Crippen LogP contribution in [0.2, 0.25) is 0 Å². The van der Waals surface area contributed by atoms with Crippen molar-refractivity contribution in [2.75, 3.05) is 13.1 Å². The highest BCUT2D eigenvalue weighted by molar-refractivity contribution is 5.90. The van der Waals surface area contributed by atoms with E-state index >= 15 is 0 Å². The van der Waals surface area contributed by atoms with Crippen molar-refractivity contribution in [1.29, 1.82) is 0 Å². The van der Waals surface area contributed by atoms with Crippen LogP contribution in [0.1, 0.15) is 57.2 Å². The van der Waals surface area contributed by atoms with E-state index in [9.17, 15) is 24.3 Å². The second-order valence-electron chi connectivity index (χ2n) is 11.7. The van der Waals surface area contributed by atoms with Gasteiger partial charge in [-0.2, -0.15) is 0 Å². The molecule has 12 heteroatoms. The number of carboxylic acids is 1. The Morgan fingerprint density at radius 3 is 2.32 bits per heavy atom. The van der Waals surface area contributed by atoms with E-state index in [0.717, 1.165) is 47.2 Å². The number of hydrogen-bond donors (Lipinski definition) is 4. The zero-order valence-corrected chi connectivity index (χ0v) is 25.7. The summed E-state index contributed by atoms with van der Waals surface area (Å²) in [5.41, 5.74) is 4.90. The maximum atomic E-state index is 13.8. The first kappa shape index (κ1) is 32.3. The summed E-state index contributed by atoms with van der Waals surface area (Å²) in [6.07, 6.45) is 7.69. The van der Waals surface area contributed by atoms with Crippen LogP contribution < -0.4 is 16.1 Å². The van der Waals surface area contributed by atoms with Gasteiger partial charge in [0.15, 0.2) is 0 Å². The number of hydrazine groups is 1. The van der Waals surface area contributed by atoms with Gasteiger partial charge in [0.05, 0.1) is 6.54 Å². The molecule has 0 saturated carbocycles. The van der Waals surface area contributed by atoms with Gasteiger partial charge in [-0.1, -0.05) is 51.0 Å². The highest BCUT2D eigenvalue weighted by Crippen LogP contribution is 2.22. The van der Waals surface area contributed by atoms with Crippen molar-refractivity contribution < 1.29 is 24.3 Å². The average molecular weight is 606 g/mol. The third-order valence-corrected chi connectivity index (χ3v) is 7.75. The number of rotatable bonds is 10. The topological polar surface area (TPSA) is 149 Å². The number of carbonyl (C=O) groups excluding carboxylic acids is 3. The molecule has 0 unspecified atom stereocenters. The summed E-state index contributed by atoms with van der Waals surface area (Å²) >= 11 is 0. The van der Waals surface area contributed by atoms with Crippen LogP contribution in [0.5, 0.6) is 0 Å². The minimum atomic E-state index is -1.29. The number of likely N-dealkylation sites (tertiary alicyclic amines) is 1.